The van der Waals surface area contributed by atoms with E-state index in [1.807, 2.05) is 32.0 Å². The van der Waals surface area contributed by atoms with Gasteiger partial charge in [-0.15, -0.1) is 5.10 Å². The molecular formula is C17H22N6O. The highest BCUT2D eigenvalue weighted by Gasteiger charge is 2.19. The third kappa shape index (κ3) is 3.29. The van der Waals surface area contributed by atoms with Gasteiger partial charge in [-0.2, -0.15) is 4.68 Å². The normalized spacial score (nSPS) is 11.7. The highest BCUT2D eigenvalue weighted by Crippen LogP contribution is 2.24. The molecule has 0 amide bonds. The van der Waals surface area contributed by atoms with Crippen molar-refractivity contribution in [1.82, 2.24) is 25.2 Å². The van der Waals surface area contributed by atoms with Gasteiger partial charge in [0.25, 0.3) is 0 Å². The number of rotatable bonds is 4. The Bertz CT molecular complexity index is 843. The van der Waals surface area contributed by atoms with Gasteiger partial charge >= 0.3 is 0 Å². The molecule has 7 nitrogen and oxygen atoms in total. The lowest BCUT2D eigenvalue weighted by Crippen LogP contribution is -2.09. The Morgan fingerprint density at radius 2 is 2.00 bits per heavy atom. The van der Waals surface area contributed by atoms with E-state index >= 15 is 0 Å². The average molecular weight is 326 g/mol. The van der Waals surface area contributed by atoms with E-state index in [1.54, 1.807) is 10.9 Å². The van der Waals surface area contributed by atoms with Crippen molar-refractivity contribution in [2.75, 3.05) is 5.32 Å². The molecule has 0 atom stereocenters. The summed E-state index contributed by atoms with van der Waals surface area (Å²) in [6.07, 6.45) is 1.79. The van der Waals surface area contributed by atoms with Crippen LogP contribution in [0.5, 0.6) is 0 Å². The number of nitrogens with one attached hydrogen (secondary N) is 1. The summed E-state index contributed by atoms with van der Waals surface area (Å²) >= 11 is 0. The van der Waals surface area contributed by atoms with Crippen LogP contribution in [0.3, 0.4) is 0 Å². The van der Waals surface area contributed by atoms with Crippen LogP contribution in [0, 0.1) is 13.8 Å². The maximum atomic E-state index is 5.80. The van der Waals surface area contributed by atoms with Gasteiger partial charge in [0.15, 0.2) is 5.82 Å². The summed E-state index contributed by atoms with van der Waals surface area (Å²) in [4.78, 5) is 4.33. The van der Waals surface area contributed by atoms with Crippen molar-refractivity contribution in [3.8, 4) is 5.69 Å². The van der Waals surface area contributed by atoms with Crippen molar-refractivity contribution in [2.24, 2.45) is 0 Å². The molecule has 0 spiro atoms. The molecule has 7 heteroatoms. The van der Waals surface area contributed by atoms with Crippen molar-refractivity contribution >= 4 is 5.69 Å². The third-order valence-electron chi connectivity index (χ3n) is 3.80. The van der Waals surface area contributed by atoms with E-state index in [4.69, 9.17) is 4.42 Å². The fourth-order valence-electron chi connectivity index (χ4n) is 2.32. The van der Waals surface area contributed by atoms with E-state index < -0.39 is 0 Å². The summed E-state index contributed by atoms with van der Waals surface area (Å²) in [6.45, 7) is 10.7. The Hall–Kier alpha value is -2.70. The Labute approximate surface area is 141 Å². The average Bonchev–Trinajstić information content (AvgIpc) is 3.15. The maximum absolute atomic E-state index is 5.80. The minimum Gasteiger partial charge on any atom is -0.443 e. The molecule has 0 radical (unpaired) electrons. The van der Waals surface area contributed by atoms with Gasteiger partial charge in [-0.1, -0.05) is 26.8 Å². The van der Waals surface area contributed by atoms with Crippen LogP contribution in [-0.4, -0.2) is 25.2 Å². The van der Waals surface area contributed by atoms with Gasteiger partial charge in [-0.25, -0.2) is 4.98 Å². The molecule has 1 N–H and O–H groups in total. The number of hydrogen-bond acceptors (Lipinski definition) is 6. The Morgan fingerprint density at radius 3 is 2.62 bits per heavy atom. The van der Waals surface area contributed by atoms with Gasteiger partial charge in [0.05, 0.1) is 18.4 Å². The van der Waals surface area contributed by atoms with Crippen molar-refractivity contribution in [2.45, 2.75) is 46.6 Å². The molecule has 3 rings (SSSR count). The predicted octanol–water partition coefficient (Wildman–Crippen LogP) is 3.18. The van der Waals surface area contributed by atoms with Gasteiger partial charge < -0.3 is 9.73 Å². The summed E-state index contributed by atoms with van der Waals surface area (Å²) in [5.41, 5.74) is 2.97. The van der Waals surface area contributed by atoms with Crippen LogP contribution in [0.2, 0.25) is 0 Å². The Kier molecular flexibility index (Phi) is 4.09. The van der Waals surface area contributed by atoms with E-state index in [2.05, 4.69) is 46.6 Å². The highest BCUT2D eigenvalue weighted by atomic mass is 16.4. The number of oxazole rings is 1. The summed E-state index contributed by atoms with van der Waals surface area (Å²) in [5, 5.41) is 15.0. The SMILES string of the molecule is Cc1ccc(NCc2ncc(C(C)(C)C)o2)cc1-n1nnnc1C. The van der Waals surface area contributed by atoms with E-state index in [0.29, 0.717) is 12.4 Å². The van der Waals surface area contributed by atoms with Gasteiger partial charge in [-0.05, 0) is 42.0 Å². The first-order valence-corrected chi connectivity index (χ1v) is 7.89. The summed E-state index contributed by atoms with van der Waals surface area (Å²) in [6, 6.07) is 6.08. The van der Waals surface area contributed by atoms with Crippen LogP contribution >= 0.6 is 0 Å². The van der Waals surface area contributed by atoms with Crippen molar-refractivity contribution in [1.29, 1.82) is 0 Å². The smallest absolute Gasteiger partial charge is 0.213 e. The summed E-state index contributed by atoms with van der Waals surface area (Å²) in [5.74, 6) is 2.30. The van der Waals surface area contributed by atoms with Gasteiger partial charge in [0, 0.05) is 11.1 Å². The number of tetrazole rings is 1. The number of nitrogens with zero attached hydrogens (tertiary/aromatic N) is 5. The molecule has 3 aromatic rings. The molecule has 0 unspecified atom stereocenters. The van der Waals surface area contributed by atoms with Gasteiger partial charge in [-0.3, -0.25) is 0 Å². The first-order valence-electron chi connectivity index (χ1n) is 7.89. The Balaban J connectivity index is 1.77. The molecule has 0 fully saturated rings. The zero-order valence-electron chi connectivity index (χ0n) is 14.7. The molecule has 0 aliphatic carbocycles. The molecular weight excluding hydrogens is 304 g/mol. The van der Waals surface area contributed by atoms with Crippen molar-refractivity contribution in [3.63, 3.8) is 0 Å². The van der Waals surface area contributed by atoms with Crippen molar-refractivity contribution in [3.05, 3.63) is 47.4 Å². The van der Waals surface area contributed by atoms with Crippen LogP contribution in [0.15, 0.2) is 28.8 Å². The molecule has 2 aromatic heterocycles. The van der Waals surface area contributed by atoms with E-state index in [0.717, 1.165) is 28.5 Å². The first kappa shape index (κ1) is 16.2. The molecule has 0 saturated heterocycles. The summed E-state index contributed by atoms with van der Waals surface area (Å²) in [7, 11) is 0. The molecule has 2 heterocycles. The zero-order chi connectivity index (χ0) is 17.3. The monoisotopic (exact) mass is 326 g/mol. The quantitative estimate of drug-likeness (QED) is 0.793. The molecule has 0 saturated carbocycles. The molecule has 24 heavy (non-hydrogen) atoms. The second-order valence-electron chi connectivity index (χ2n) is 6.86. The minimum absolute atomic E-state index is 0.0418. The van der Waals surface area contributed by atoms with Gasteiger partial charge in [0.2, 0.25) is 5.89 Å². The van der Waals surface area contributed by atoms with E-state index in [1.165, 1.54) is 0 Å². The van der Waals surface area contributed by atoms with Crippen LogP contribution < -0.4 is 5.32 Å². The second kappa shape index (κ2) is 6.07. The van der Waals surface area contributed by atoms with E-state index in [9.17, 15) is 0 Å². The molecule has 0 aliphatic rings. The van der Waals surface area contributed by atoms with Crippen molar-refractivity contribution < 1.29 is 4.42 Å². The number of aryl methyl sites for hydroxylation is 2. The summed E-state index contributed by atoms with van der Waals surface area (Å²) < 4.78 is 7.53. The fraction of sp³-hybridized carbons (Fsp3) is 0.412. The molecule has 0 aliphatic heterocycles. The number of benzene rings is 1. The molecule has 1 aromatic carbocycles. The zero-order valence-corrected chi connectivity index (χ0v) is 14.7. The predicted molar refractivity (Wildman–Crippen MR) is 91.2 cm³/mol. The van der Waals surface area contributed by atoms with E-state index in [-0.39, 0.29) is 5.41 Å². The standard InChI is InChI=1S/C17H22N6O/c1-11-6-7-13(8-14(11)23-12(2)20-21-22-23)18-10-16-19-9-15(24-16)17(3,4)5/h6-9,18H,10H2,1-5H3. The topological polar surface area (TPSA) is 81.7 Å². The third-order valence-corrected chi connectivity index (χ3v) is 3.80. The molecule has 126 valence electrons. The van der Waals surface area contributed by atoms with Crippen LogP contribution in [0.4, 0.5) is 5.69 Å². The maximum Gasteiger partial charge on any atom is 0.213 e. The fourth-order valence-corrected chi connectivity index (χ4v) is 2.32. The number of aromatic nitrogens is 5. The minimum atomic E-state index is -0.0418. The molecule has 0 bridgehead atoms. The highest BCUT2D eigenvalue weighted by molar-refractivity contribution is 5.54. The lowest BCUT2D eigenvalue weighted by atomic mass is 9.94. The van der Waals surface area contributed by atoms with Crippen LogP contribution in [0.1, 0.15) is 43.8 Å². The van der Waals surface area contributed by atoms with Crippen LogP contribution in [-0.2, 0) is 12.0 Å². The van der Waals surface area contributed by atoms with Crippen LogP contribution in [0.25, 0.3) is 5.69 Å². The first-order chi connectivity index (χ1) is 11.3. The Morgan fingerprint density at radius 1 is 1.21 bits per heavy atom. The number of anilines is 1. The lowest BCUT2D eigenvalue weighted by Gasteiger charge is -2.13. The largest absolute Gasteiger partial charge is 0.443 e. The number of hydrogen-bond donors (Lipinski definition) is 1. The second-order valence-corrected chi connectivity index (χ2v) is 6.86. The van der Waals surface area contributed by atoms with Gasteiger partial charge in [0.1, 0.15) is 5.76 Å². The lowest BCUT2D eigenvalue weighted by molar-refractivity contribution is 0.385.